The summed E-state index contributed by atoms with van der Waals surface area (Å²) in [5.74, 6) is -5.15. The van der Waals surface area contributed by atoms with Crippen molar-refractivity contribution in [1.82, 2.24) is 16.0 Å². The van der Waals surface area contributed by atoms with Crippen LogP contribution in [0, 0.1) is 0 Å². The molecule has 160 valence electrons. The van der Waals surface area contributed by atoms with Crippen LogP contribution < -0.4 is 27.4 Å². The Balaban J connectivity index is 5.16. The zero-order chi connectivity index (χ0) is 21.9. The van der Waals surface area contributed by atoms with Gasteiger partial charge in [0.1, 0.15) is 24.2 Å². The number of carbonyl (C=O) groups is 5. The first-order valence-corrected chi connectivity index (χ1v) is 8.70. The van der Waals surface area contributed by atoms with Crippen LogP contribution in [0.25, 0.3) is 0 Å². The molecule has 4 amide bonds. The van der Waals surface area contributed by atoms with Gasteiger partial charge in [-0.3, -0.25) is 19.2 Å². The van der Waals surface area contributed by atoms with E-state index in [0.29, 0.717) is 0 Å². The van der Waals surface area contributed by atoms with Gasteiger partial charge in [0.15, 0.2) is 0 Å². The first kappa shape index (κ1) is 25.6. The van der Waals surface area contributed by atoms with Crippen LogP contribution in [-0.4, -0.2) is 88.1 Å². The van der Waals surface area contributed by atoms with Gasteiger partial charge in [-0.2, -0.15) is 12.6 Å². The van der Waals surface area contributed by atoms with E-state index in [-0.39, 0.29) is 18.6 Å². The summed E-state index contributed by atoms with van der Waals surface area (Å²) in [6.07, 6.45) is -0.476. The Hall–Kier alpha value is -2.42. The van der Waals surface area contributed by atoms with Gasteiger partial charge in [-0.05, 0) is 6.42 Å². The summed E-state index contributed by atoms with van der Waals surface area (Å²) in [4.78, 5) is 58.1. The molecule has 4 atom stereocenters. The Kier molecular flexibility index (Phi) is 11.8. The third-order valence-electron chi connectivity index (χ3n) is 3.46. The molecule has 0 heterocycles. The summed E-state index contributed by atoms with van der Waals surface area (Å²) >= 11 is 3.90. The number of carboxylic acids is 1. The number of nitrogens with two attached hydrogens (primary N) is 2. The van der Waals surface area contributed by atoms with Gasteiger partial charge in [-0.25, -0.2) is 4.79 Å². The zero-order valence-corrected chi connectivity index (χ0v) is 15.7. The number of aliphatic hydroxyl groups excluding tert-OH is 2. The minimum Gasteiger partial charge on any atom is -0.480 e. The fraction of sp³-hybridized carbons (Fsp3) is 0.643. The number of hydrogen-bond acceptors (Lipinski definition) is 9. The highest BCUT2D eigenvalue weighted by molar-refractivity contribution is 7.80. The fourth-order valence-corrected chi connectivity index (χ4v) is 2.10. The zero-order valence-electron chi connectivity index (χ0n) is 14.8. The summed E-state index contributed by atoms with van der Waals surface area (Å²) in [5.41, 5.74) is 10.4. The molecule has 0 fully saturated rings. The van der Waals surface area contributed by atoms with Crippen LogP contribution in [0.3, 0.4) is 0 Å². The van der Waals surface area contributed by atoms with E-state index in [2.05, 4.69) is 23.3 Å². The second kappa shape index (κ2) is 12.9. The molecule has 14 heteroatoms. The number of nitrogens with one attached hydrogen (secondary N) is 3. The largest absolute Gasteiger partial charge is 0.480 e. The highest BCUT2D eigenvalue weighted by Gasteiger charge is 2.29. The van der Waals surface area contributed by atoms with Crippen molar-refractivity contribution < 1.29 is 39.3 Å². The molecule has 0 saturated carbocycles. The first-order valence-electron chi connectivity index (χ1n) is 8.07. The Morgan fingerprint density at radius 1 is 0.857 bits per heavy atom. The van der Waals surface area contributed by atoms with Gasteiger partial charge in [-0.1, -0.05) is 0 Å². The fourth-order valence-electron chi connectivity index (χ4n) is 1.84. The number of aliphatic hydroxyl groups is 2. The minimum absolute atomic E-state index is 0.208. The molecule has 4 unspecified atom stereocenters. The highest BCUT2D eigenvalue weighted by atomic mass is 32.1. The van der Waals surface area contributed by atoms with Gasteiger partial charge in [0.05, 0.1) is 13.2 Å². The van der Waals surface area contributed by atoms with Crippen molar-refractivity contribution >= 4 is 42.2 Å². The van der Waals surface area contributed by atoms with Crippen molar-refractivity contribution in [2.75, 3.05) is 19.0 Å². The maximum Gasteiger partial charge on any atom is 0.328 e. The van der Waals surface area contributed by atoms with Crippen LogP contribution in [0.5, 0.6) is 0 Å². The third-order valence-corrected chi connectivity index (χ3v) is 3.82. The van der Waals surface area contributed by atoms with Gasteiger partial charge in [0.2, 0.25) is 23.6 Å². The maximum absolute atomic E-state index is 12.4. The molecule has 0 aromatic rings. The maximum atomic E-state index is 12.4. The Labute approximate surface area is 165 Å². The molecule has 10 N–H and O–H groups in total. The SMILES string of the molecule is NC(=O)CCC(NC(=O)C(N)CO)C(=O)NC(CS)C(=O)NC(CO)C(=O)O. The quantitative estimate of drug-likeness (QED) is 0.129. The van der Waals surface area contributed by atoms with E-state index < -0.39 is 67.0 Å². The Bertz CT molecular complexity index is 590. The van der Waals surface area contributed by atoms with Crippen LogP contribution in [0.15, 0.2) is 0 Å². The number of rotatable bonds is 13. The van der Waals surface area contributed by atoms with E-state index in [1.165, 1.54) is 0 Å². The first-order chi connectivity index (χ1) is 13.1. The van der Waals surface area contributed by atoms with Crippen molar-refractivity contribution in [1.29, 1.82) is 0 Å². The normalized spacial score (nSPS) is 14.9. The molecule has 0 aliphatic carbocycles. The number of carboxylic acid groups (broad SMARTS) is 1. The van der Waals surface area contributed by atoms with Crippen LogP contribution in [0.1, 0.15) is 12.8 Å². The lowest BCUT2D eigenvalue weighted by Crippen LogP contribution is -2.58. The number of carbonyl (C=O) groups excluding carboxylic acids is 4. The molecular formula is C14H25N5O8S. The lowest BCUT2D eigenvalue weighted by molar-refractivity contribution is -0.143. The van der Waals surface area contributed by atoms with Gasteiger partial charge in [0, 0.05) is 12.2 Å². The minimum atomic E-state index is -1.58. The molecule has 0 aromatic heterocycles. The molecular weight excluding hydrogens is 398 g/mol. The predicted octanol–water partition coefficient (Wildman–Crippen LogP) is -4.97. The van der Waals surface area contributed by atoms with E-state index in [9.17, 15) is 24.0 Å². The van der Waals surface area contributed by atoms with E-state index in [0.717, 1.165) is 0 Å². The Morgan fingerprint density at radius 3 is 1.79 bits per heavy atom. The number of aliphatic carboxylic acids is 1. The number of hydrogen-bond donors (Lipinski definition) is 9. The average molecular weight is 423 g/mol. The monoisotopic (exact) mass is 423 g/mol. The summed E-state index contributed by atoms with van der Waals surface area (Å²) in [6, 6.07) is -5.50. The van der Waals surface area contributed by atoms with Crippen molar-refractivity contribution in [2.24, 2.45) is 11.5 Å². The lowest BCUT2D eigenvalue weighted by Gasteiger charge is -2.23. The topological polar surface area (TPSA) is 234 Å². The Morgan fingerprint density at radius 2 is 1.36 bits per heavy atom. The standard InChI is InChI=1S/C14H25N5O8S/c15-6(3-20)11(23)17-7(1-2-10(16)22)12(24)19-9(5-28)13(25)18-8(4-21)14(26)27/h6-9,20-21,28H,1-5,15H2,(H2,16,22)(H,17,23)(H,18,25)(H,19,24)(H,26,27). The average Bonchev–Trinajstić information content (AvgIpc) is 2.65. The van der Waals surface area contributed by atoms with Crippen molar-refractivity contribution in [3.8, 4) is 0 Å². The molecule has 0 aromatic carbocycles. The van der Waals surface area contributed by atoms with E-state index in [4.69, 9.17) is 26.8 Å². The van der Waals surface area contributed by atoms with E-state index in [1.807, 2.05) is 5.32 Å². The van der Waals surface area contributed by atoms with Crippen LogP contribution in [0.4, 0.5) is 0 Å². The van der Waals surface area contributed by atoms with Crippen molar-refractivity contribution in [3.63, 3.8) is 0 Å². The van der Waals surface area contributed by atoms with Crippen LogP contribution >= 0.6 is 12.6 Å². The molecule has 28 heavy (non-hydrogen) atoms. The summed E-state index contributed by atoms with van der Waals surface area (Å²) < 4.78 is 0. The van der Waals surface area contributed by atoms with Crippen molar-refractivity contribution in [3.05, 3.63) is 0 Å². The molecule has 0 radical (unpaired) electrons. The van der Waals surface area contributed by atoms with E-state index >= 15 is 0 Å². The van der Waals surface area contributed by atoms with Crippen molar-refractivity contribution in [2.45, 2.75) is 37.0 Å². The molecule has 0 aliphatic heterocycles. The number of primary amides is 1. The lowest BCUT2D eigenvalue weighted by atomic mass is 10.1. The second-order valence-corrected chi connectivity index (χ2v) is 6.05. The molecule has 0 bridgehead atoms. The van der Waals surface area contributed by atoms with Gasteiger partial charge in [0.25, 0.3) is 0 Å². The van der Waals surface area contributed by atoms with E-state index in [1.54, 1.807) is 0 Å². The molecule has 13 nitrogen and oxygen atoms in total. The van der Waals surface area contributed by atoms with Gasteiger partial charge in [-0.15, -0.1) is 0 Å². The predicted molar refractivity (Wildman–Crippen MR) is 97.9 cm³/mol. The molecule has 0 spiro atoms. The summed E-state index contributed by atoms with van der Waals surface area (Å²) in [5, 5.41) is 33.2. The van der Waals surface area contributed by atoms with Gasteiger partial charge >= 0.3 is 5.97 Å². The van der Waals surface area contributed by atoms with Crippen LogP contribution in [-0.2, 0) is 24.0 Å². The van der Waals surface area contributed by atoms with Gasteiger partial charge < -0.3 is 42.7 Å². The second-order valence-electron chi connectivity index (χ2n) is 5.68. The smallest absolute Gasteiger partial charge is 0.328 e. The number of amides is 4. The number of thiol groups is 1. The molecule has 0 saturated heterocycles. The molecule has 0 aliphatic rings. The third kappa shape index (κ3) is 8.98. The van der Waals surface area contributed by atoms with Crippen LogP contribution in [0.2, 0.25) is 0 Å². The molecule has 0 rings (SSSR count). The highest BCUT2D eigenvalue weighted by Crippen LogP contribution is 2.01. The summed E-state index contributed by atoms with van der Waals surface area (Å²) in [7, 11) is 0. The summed E-state index contributed by atoms with van der Waals surface area (Å²) in [6.45, 7) is -1.56.